The van der Waals surface area contributed by atoms with E-state index in [2.05, 4.69) is 4.74 Å². The molecule has 2 aromatic rings. The Morgan fingerprint density at radius 1 is 1.08 bits per heavy atom. The molecule has 24 heavy (non-hydrogen) atoms. The van der Waals surface area contributed by atoms with Crippen molar-refractivity contribution < 1.29 is 32.4 Å². The van der Waals surface area contributed by atoms with Crippen molar-refractivity contribution in [3.63, 3.8) is 0 Å². The molecule has 9 heteroatoms. The summed E-state index contributed by atoms with van der Waals surface area (Å²) in [5.41, 5.74) is -1.24. The Morgan fingerprint density at radius 3 is 2.29 bits per heavy atom. The molecule has 0 amide bonds. The fourth-order valence-electron chi connectivity index (χ4n) is 1.75. The highest BCUT2D eigenvalue weighted by Crippen LogP contribution is 2.35. The summed E-state index contributed by atoms with van der Waals surface area (Å²) in [4.78, 5) is 21.5. The summed E-state index contributed by atoms with van der Waals surface area (Å²) in [5.74, 6) is -1.52. The number of ether oxygens (including phenoxy) is 2. The van der Waals surface area contributed by atoms with Gasteiger partial charge in [-0.2, -0.15) is 13.2 Å². The van der Waals surface area contributed by atoms with Gasteiger partial charge in [0.15, 0.2) is 6.61 Å². The van der Waals surface area contributed by atoms with Crippen LogP contribution < -0.4 is 9.47 Å². The molecule has 0 radical (unpaired) electrons. The highest BCUT2D eigenvalue weighted by atomic mass is 19.4. The van der Waals surface area contributed by atoms with Crippen LogP contribution in [0.1, 0.15) is 5.56 Å². The molecule has 0 spiro atoms. The van der Waals surface area contributed by atoms with Crippen molar-refractivity contribution in [3.8, 4) is 11.5 Å². The first kappa shape index (κ1) is 17.3. The van der Waals surface area contributed by atoms with Crippen molar-refractivity contribution >= 4 is 11.7 Å². The monoisotopic (exact) mass is 341 g/mol. The predicted molar refractivity (Wildman–Crippen MR) is 75.7 cm³/mol. The lowest BCUT2D eigenvalue weighted by atomic mass is 10.2. The highest BCUT2D eigenvalue weighted by Gasteiger charge is 2.34. The molecule has 0 aliphatic heterocycles. The SMILES string of the molecule is O=C(COc1ccc([N+](=O)[O-])cc1)Oc1ccccc1C(F)(F)F. The fourth-order valence-corrected chi connectivity index (χ4v) is 1.75. The van der Waals surface area contributed by atoms with Crippen LogP contribution in [0.4, 0.5) is 18.9 Å². The minimum Gasteiger partial charge on any atom is -0.482 e. The van der Waals surface area contributed by atoms with Crippen LogP contribution in [0, 0.1) is 10.1 Å². The summed E-state index contributed by atoms with van der Waals surface area (Å²) in [5, 5.41) is 10.5. The third-order valence-electron chi connectivity index (χ3n) is 2.82. The quantitative estimate of drug-likeness (QED) is 0.359. The van der Waals surface area contributed by atoms with Gasteiger partial charge in [-0.05, 0) is 24.3 Å². The Balaban J connectivity index is 1.98. The number of nitro benzene ring substituents is 1. The molecule has 2 rings (SSSR count). The van der Waals surface area contributed by atoms with Gasteiger partial charge in [-0.25, -0.2) is 4.79 Å². The number of benzene rings is 2. The highest BCUT2D eigenvalue weighted by molar-refractivity contribution is 5.74. The fraction of sp³-hybridized carbons (Fsp3) is 0.133. The van der Waals surface area contributed by atoms with Gasteiger partial charge in [-0.1, -0.05) is 12.1 Å². The molecule has 0 saturated heterocycles. The number of para-hydroxylation sites is 1. The van der Waals surface area contributed by atoms with Gasteiger partial charge < -0.3 is 9.47 Å². The van der Waals surface area contributed by atoms with E-state index >= 15 is 0 Å². The Bertz CT molecular complexity index is 744. The number of hydrogen-bond donors (Lipinski definition) is 0. The van der Waals surface area contributed by atoms with Gasteiger partial charge in [-0.15, -0.1) is 0 Å². The average molecular weight is 341 g/mol. The minimum absolute atomic E-state index is 0.140. The van der Waals surface area contributed by atoms with Crippen LogP contribution in [-0.4, -0.2) is 17.5 Å². The van der Waals surface area contributed by atoms with Gasteiger partial charge in [0.1, 0.15) is 11.5 Å². The van der Waals surface area contributed by atoms with Crippen LogP contribution in [0.25, 0.3) is 0 Å². The summed E-state index contributed by atoms with van der Waals surface area (Å²) in [6, 6.07) is 9.14. The van der Waals surface area contributed by atoms with E-state index in [-0.39, 0.29) is 11.4 Å². The van der Waals surface area contributed by atoms with Crippen molar-refractivity contribution in [2.45, 2.75) is 6.18 Å². The van der Waals surface area contributed by atoms with Gasteiger partial charge in [-0.3, -0.25) is 10.1 Å². The summed E-state index contributed by atoms with van der Waals surface area (Å²) in [6.07, 6.45) is -4.66. The lowest BCUT2D eigenvalue weighted by molar-refractivity contribution is -0.384. The number of hydrogen-bond acceptors (Lipinski definition) is 5. The minimum atomic E-state index is -4.66. The lowest BCUT2D eigenvalue weighted by Gasteiger charge is -2.12. The number of nitrogens with zero attached hydrogens (tertiary/aromatic N) is 1. The van der Waals surface area contributed by atoms with E-state index in [9.17, 15) is 28.1 Å². The Morgan fingerprint density at radius 2 is 1.71 bits per heavy atom. The maximum atomic E-state index is 12.8. The normalized spacial score (nSPS) is 11.0. The Hall–Kier alpha value is -3.10. The molecule has 0 N–H and O–H groups in total. The zero-order valence-corrected chi connectivity index (χ0v) is 11.9. The predicted octanol–water partition coefficient (Wildman–Crippen LogP) is 3.60. The molecule has 6 nitrogen and oxygen atoms in total. The van der Waals surface area contributed by atoms with Crippen LogP contribution in [0.5, 0.6) is 11.5 Å². The largest absolute Gasteiger partial charge is 0.482 e. The Labute approximate surface area is 133 Å². The molecule has 0 heterocycles. The van der Waals surface area contributed by atoms with E-state index in [0.29, 0.717) is 0 Å². The second-order valence-corrected chi connectivity index (χ2v) is 4.51. The number of halogens is 3. The molecule has 126 valence electrons. The number of alkyl halides is 3. The zero-order chi connectivity index (χ0) is 17.7. The van der Waals surface area contributed by atoms with E-state index < -0.39 is 35.0 Å². The molecule has 0 bridgehead atoms. The van der Waals surface area contributed by atoms with E-state index in [1.807, 2.05) is 0 Å². The van der Waals surface area contributed by atoms with Crippen molar-refractivity contribution in [2.24, 2.45) is 0 Å². The standard InChI is InChI=1S/C15H10F3NO5/c16-15(17,18)12-3-1-2-4-13(12)24-14(20)9-23-11-7-5-10(6-8-11)19(21)22/h1-8H,9H2. The summed E-state index contributed by atoms with van der Waals surface area (Å²) in [7, 11) is 0. The maximum absolute atomic E-state index is 12.8. The molecule has 0 aliphatic rings. The smallest absolute Gasteiger partial charge is 0.419 e. The van der Waals surface area contributed by atoms with E-state index in [0.717, 1.165) is 12.1 Å². The van der Waals surface area contributed by atoms with Gasteiger partial charge in [0, 0.05) is 12.1 Å². The van der Waals surface area contributed by atoms with Crippen molar-refractivity contribution in [1.82, 2.24) is 0 Å². The summed E-state index contributed by atoms with van der Waals surface area (Å²) >= 11 is 0. The Kier molecular flexibility index (Phi) is 5.02. The molecule has 0 aliphatic carbocycles. The molecule has 0 unspecified atom stereocenters. The average Bonchev–Trinajstić information content (AvgIpc) is 2.53. The van der Waals surface area contributed by atoms with Crippen molar-refractivity contribution in [3.05, 3.63) is 64.2 Å². The molecule has 0 aromatic heterocycles. The molecule has 0 atom stereocenters. The topological polar surface area (TPSA) is 78.7 Å². The van der Waals surface area contributed by atoms with Crippen LogP contribution in [0.2, 0.25) is 0 Å². The maximum Gasteiger partial charge on any atom is 0.419 e. The zero-order valence-electron chi connectivity index (χ0n) is 11.9. The number of carbonyl (C=O) groups excluding carboxylic acids is 1. The van der Waals surface area contributed by atoms with E-state index in [1.165, 1.54) is 36.4 Å². The third-order valence-corrected chi connectivity index (χ3v) is 2.82. The number of rotatable bonds is 5. The lowest BCUT2D eigenvalue weighted by Crippen LogP contribution is -2.19. The second-order valence-electron chi connectivity index (χ2n) is 4.51. The van der Waals surface area contributed by atoms with Gasteiger partial charge in [0.25, 0.3) is 5.69 Å². The third kappa shape index (κ3) is 4.45. The molecule has 0 fully saturated rings. The van der Waals surface area contributed by atoms with Crippen molar-refractivity contribution in [1.29, 1.82) is 0 Å². The van der Waals surface area contributed by atoms with Crippen molar-refractivity contribution in [2.75, 3.05) is 6.61 Å². The summed E-state index contributed by atoms with van der Waals surface area (Å²) in [6.45, 7) is -0.649. The molecule has 0 saturated carbocycles. The first-order valence-electron chi connectivity index (χ1n) is 6.51. The molecular formula is C15H10F3NO5. The van der Waals surface area contributed by atoms with Gasteiger partial charge in [0.05, 0.1) is 10.5 Å². The number of non-ortho nitro benzene ring substituents is 1. The second kappa shape index (κ2) is 6.99. The van der Waals surface area contributed by atoms with Crippen LogP contribution in [0.15, 0.2) is 48.5 Å². The van der Waals surface area contributed by atoms with Crippen LogP contribution in [0.3, 0.4) is 0 Å². The van der Waals surface area contributed by atoms with Crippen LogP contribution >= 0.6 is 0 Å². The first-order valence-corrected chi connectivity index (χ1v) is 6.51. The van der Waals surface area contributed by atoms with Crippen LogP contribution in [-0.2, 0) is 11.0 Å². The summed E-state index contributed by atoms with van der Waals surface area (Å²) < 4.78 is 48.0. The molecule has 2 aromatic carbocycles. The first-order chi connectivity index (χ1) is 11.3. The van der Waals surface area contributed by atoms with E-state index in [4.69, 9.17) is 4.74 Å². The van der Waals surface area contributed by atoms with Gasteiger partial charge >= 0.3 is 12.1 Å². The number of carbonyl (C=O) groups is 1. The molecular weight excluding hydrogens is 331 g/mol. The van der Waals surface area contributed by atoms with E-state index in [1.54, 1.807) is 0 Å². The number of nitro groups is 1. The van der Waals surface area contributed by atoms with Gasteiger partial charge in [0.2, 0.25) is 0 Å². The number of esters is 1.